The number of nitrogens with zero attached hydrogens (tertiary/aromatic N) is 5. The summed E-state index contributed by atoms with van der Waals surface area (Å²) in [7, 11) is 0. The van der Waals surface area contributed by atoms with Crippen molar-refractivity contribution in [3.05, 3.63) is 79.6 Å². The van der Waals surface area contributed by atoms with Crippen LogP contribution in [0.25, 0.3) is 33.9 Å². The highest BCUT2D eigenvalue weighted by atomic mass is 16.1. The van der Waals surface area contributed by atoms with E-state index in [2.05, 4.69) is 16.4 Å². The minimum absolute atomic E-state index is 0.0371. The molecule has 0 saturated carbocycles. The zero-order chi connectivity index (χ0) is 23.3. The summed E-state index contributed by atoms with van der Waals surface area (Å²) < 4.78 is 4.96. The van der Waals surface area contributed by atoms with Crippen LogP contribution in [0.3, 0.4) is 0 Å². The van der Waals surface area contributed by atoms with Gasteiger partial charge < -0.3 is 5.32 Å². The maximum absolute atomic E-state index is 13.4. The number of hydrogen-bond acceptors (Lipinski definition) is 5. The van der Waals surface area contributed by atoms with Crippen LogP contribution in [-0.2, 0) is 13.1 Å². The van der Waals surface area contributed by atoms with E-state index >= 15 is 0 Å². The van der Waals surface area contributed by atoms with Crippen LogP contribution < -0.4 is 21.8 Å². The molecule has 164 valence electrons. The zero-order valence-corrected chi connectivity index (χ0v) is 18.6. The van der Waals surface area contributed by atoms with Crippen molar-refractivity contribution in [2.45, 2.75) is 33.9 Å². The molecular weight excluding hydrogens is 416 g/mol. The molecule has 5 aromatic rings. The van der Waals surface area contributed by atoms with Crippen LogP contribution in [0.5, 0.6) is 0 Å². The van der Waals surface area contributed by atoms with E-state index in [0.29, 0.717) is 46.1 Å². The van der Waals surface area contributed by atoms with Gasteiger partial charge in [-0.25, -0.2) is 9.78 Å². The van der Waals surface area contributed by atoms with Crippen LogP contribution >= 0.6 is 0 Å². The molecule has 33 heavy (non-hydrogen) atoms. The van der Waals surface area contributed by atoms with Crippen LogP contribution in [0.15, 0.2) is 52.1 Å². The first-order valence-electron chi connectivity index (χ1n) is 10.8. The summed E-state index contributed by atoms with van der Waals surface area (Å²) in [5.74, 6) is 0. The lowest BCUT2D eigenvalue weighted by Crippen LogP contribution is -2.34. The van der Waals surface area contributed by atoms with E-state index < -0.39 is 0 Å². The fraction of sp³-hybridized carbons (Fsp3) is 0.200. The molecular formula is C25H22N6O2. The predicted octanol–water partition coefficient (Wildman–Crippen LogP) is 2.75. The number of anilines is 1. The van der Waals surface area contributed by atoms with Crippen molar-refractivity contribution in [1.29, 1.82) is 5.26 Å². The summed E-state index contributed by atoms with van der Waals surface area (Å²) in [4.78, 5) is 30.5. The summed E-state index contributed by atoms with van der Waals surface area (Å²) >= 11 is 0. The fourth-order valence-corrected chi connectivity index (χ4v) is 4.46. The van der Waals surface area contributed by atoms with Gasteiger partial charge in [0.15, 0.2) is 5.65 Å². The number of hydrogen-bond donors (Lipinski definition) is 1. The zero-order valence-electron chi connectivity index (χ0n) is 18.6. The topological polar surface area (TPSA) is 97.1 Å². The molecule has 2 aromatic carbocycles. The molecule has 0 amide bonds. The van der Waals surface area contributed by atoms with Gasteiger partial charge in [0.2, 0.25) is 0 Å². The summed E-state index contributed by atoms with van der Waals surface area (Å²) in [5, 5.41) is 13.4. The van der Waals surface area contributed by atoms with Gasteiger partial charge in [-0.05, 0) is 56.7 Å². The van der Waals surface area contributed by atoms with E-state index in [-0.39, 0.29) is 11.2 Å². The number of nitriles is 1. The molecule has 0 radical (unpaired) electrons. The lowest BCUT2D eigenvalue weighted by atomic mass is 10.1. The summed E-state index contributed by atoms with van der Waals surface area (Å²) in [6.45, 7) is 6.80. The first kappa shape index (κ1) is 20.5. The predicted molar refractivity (Wildman–Crippen MR) is 129 cm³/mol. The van der Waals surface area contributed by atoms with Gasteiger partial charge in [0, 0.05) is 25.0 Å². The molecule has 8 heteroatoms. The average Bonchev–Trinajstić information content (AvgIpc) is 3.33. The third-order valence-electron chi connectivity index (χ3n) is 6.14. The Morgan fingerprint density at radius 3 is 2.48 bits per heavy atom. The Morgan fingerprint density at radius 2 is 1.76 bits per heavy atom. The van der Waals surface area contributed by atoms with Crippen molar-refractivity contribution in [3.8, 4) is 6.07 Å². The lowest BCUT2D eigenvalue weighted by molar-refractivity contribution is 0.671. The van der Waals surface area contributed by atoms with Crippen LogP contribution in [0.2, 0.25) is 0 Å². The van der Waals surface area contributed by atoms with Crippen molar-refractivity contribution in [2.75, 3.05) is 5.32 Å². The largest absolute Gasteiger partial charge is 0.361 e. The van der Waals surface area contributed by atoms with Crippen LogP contribution in [0, 0.1) is 18.3 Å². The van der Waals surface area contributed by atoms with Crippen molar-refractivity contribution in [2.24, 2.45) is 0 Å². The Hall–Kier alpha value is -4.38. The van der Waals surface area contributed by atoms with Crippen molar-refractivity contribution >= 4 is 39.6 Å². The number of aryl methyl sites for hydroxylation is 2. The first-order valence-corrected chi connectivity index (χ1v) is 10.8. The second-order valence-corrected chi connectivity index (χ2v) is 7.85. The highest BCUT2D eigenvalue weighted by Crippen LogP contribution is 2.20. The number of para-hydroxylation sites is 2. The highest BCUT2D eigenvalue weighted by molar-refractivity contribution is 5.83. The Bertz CT molecular complexity index is 1780. The van der Waals surface area contributed by atoms with Crippen molar-refractivity contribution in [3.63, 3.8) is 0 Å². The van der Waals surface area contributed by atoms with Gasteiger partial charge >= 0.3 is 5.69 Å². The average molecular weight is 438 g/mol. The number of fused-ring (bicyclic) bond motifs is 4. The molecule has 0 saturated heterocycles. The number of rotatable bonds is 4. The summed E-state index contributed by atoms with van der Waals surface area (Å²) in [6, 6.07) is 15.2. The number of benzene rings is 2. The number of aromatic nitrogens is 4. The van der Waals surface area contributed by atoms with Crippen LogP contribution in [0.1, 0.15) is 25.0 Å². The minimum atomic E-state index is -0.244. The maximum atomic E-state index is 13.4. The molecule has 0 unspecified atom stereocenters. The summed E-state index contributed by atoms with van der Waals surface area (Å²) in [5.41, 5.74) is 4.80. The van der Waals surface area contributed by atoms with Crippen LogP contribution in [-0.4, -0.2) is 18.5 Å². The van der Waals surface area contributed by atoms with E-state index in [4.69, 9.17) is 0 Å². The Morgan fingerprint density at radius 1 is 1.03 bits per heavy atom. The van der Waals surface area contributed by atoms with E-state index in [1.165, 1.54) is 4.40 Å². The molecule has 0 aliphatic heterocycles. The van der Waals surface area contributed by atoms with Gasteiger partial charge in [0.25, 0.3) is 5.56 Å². The van der Waals surface area contributed by atoms with E-state index in [9.17, 15) is 14.9 Å². The Labute approximate surface area is 188 Å². The Balaban J connectivity index is 1.71. The summed E-state index contributed by atoms with van der Waals surface area (Å²) in [6.07, 6.45) is 1.62. The third kappa shape index (κ3) is 2.93. The molecule has 0 spiro atoms. The van der Waals surface area contributed by atoms with Crippen molar-refractivity contribution in [1.82, 2.24) is 18.5 Å². The number of imidazole rings is 2. The SMILES string of the molecule is CCn1c(=O)n(CC)c2cc(NC=c3c(C)c(C#N)c4nc5ccccc5n4c3=O)ccc21. The Kier molecular flexibility index (Phi) is 4.75. The molecule has 0 atom stereocenters. The quantitative estimate of drug-likeness (QED) is 0.465. The molecule has 0 bridgehead atoms. The molecule has 5 rings (SSSR count). The van der Waals surface area contributed by atoms with E-state index in [1.54, 1.807) is 22.3 Å². The third-order valence-corrected chi connectivity index (χ3v) is 6.14. The monoisotopic (exact) mass is 438 g/mol. The van der Waals surface area contributed by atoms with Crippen LogP contribution in [0.4, 0.5) is 5.69 Å². The number of pyridine rings is 1. The molecule has 0 aliphatic rings. The number of nitrogens with one attached hydrogen (secondary N) is 1. The second-order valence-electron chi connectivity index (χ2n) is 7.85. The normalized spacial score (nSPS) is 12.1. The first-order chi connectivity index (χ1) is 16.0. The standard InChI is InChI=1S/C25H22N6O2/c1-4-29-21-11-10-16(12-22(21)30(5-2)25(29)33)27-14-18-15(3)17(13-26)23-28-19-8-6-7-9-20(19)31(23)24(18)32/h6-12,14,27H,4-5H2,1-3H3. The van der Waals surface area contributed by atoms with E-state index in [1.807, 2.05) is 56.3 Å². The highest BCUT2D eigenvalue weighted by Gasteiger charge is 2.16. The molecule has 3 aromatic heterocycles. The van der Waals surface area contributed by atoms with E-state index in [0.717, 1.165) is 16.7 Å². The lowest BCUT2D eigenvalue weighted by Gasteiger charge is -2.06. The van der Waals surface area contributed by atoms with Gasteiger partial charge in [-0.2, -0.15) is 5.26 Å². The maximum Gasteiger partial charge on any atom is 0.329 e. The molecule has 0 fully saturated rings. The van der Waals surface area contributed by atoms with Gasteiger partial charge in [-0.1, -0.05) is 12.1 Å². The van der Waals surface area contributed by atoms with Gasteiger partial charge in [-0.15, -0.1) is 0 Å². The molecule has 3 heterocycles. The van der Waals surface area contributed by atoms with Crippen molar-refractivity contribution < 1.29 is 0 Å². The van der Waals surface area contributed by atoms with Gasteiger partial charge in [0.1, 0.15) is 6.07 Å². The molecule has 0 aliphatic carbocycles. The molecule has 8 nitrogen and oxygen atoms in total. The molecule has 1 N–H and O–H groups in total. The van der Waals surface area contributed by atoms with Gasteiger partial charge in [-0.3, -0.25) is 18.3 Å². The fourth-order valence-electron chi connectivity index (χ4n) is 4.46. The second kappa shape index (κ2) is 7.64. The minimum Gasteiger partial charge on any atom is -0.361 e. The smallest absolute Gasteiger partial charge is 0.329 e. The van der Waals surface area contributed by atoms with Gasteiger partial charge in [0.05, 0.1) is 32.8 Å².